The summed E-state index contributed by atoms with van der Waals surface area (Å²) in [7, 11) is 0. The molecule has 12 heavy (non-hydrogen) atoms. The fourth-order valence-corrected chi connectivity index (χ4v) is 2.55. The lowest BCUT2D eigenvalue weighted by atomic mass is 9.85. The Morgan fingerprint density at radius 2 is 1.50 bits per heavy atom. The lowest BCUT2D eigenvalue weighted by Gasteiger charge is -2.30. The fraction of sp³-hybridized carbons (Fsp3) is 1.00. The van der Waals surface area contributed by atoms with E-state index in [1.165, 1.54) is 51.5 Å². The number of hydrogen-bond donors (Lipinski definition) is 2. The second-order valence-corrected chi connectivity index (χ2v) is 4.33. The molecule has 2 nitrogen and oxygen atoms in total. The molecule has 0 atom stereocenters. The highest BCUT2D eigenvalue weighted by molar-refractivity contribution is 4.94. The molecule has 0 aromatic rings. The zero-order valence-corrected chi connectivity index (χ0v) is 7.86. The van der Waals surface area contributed by atoms with Crippen LogP contribution in [0.2, 0.25) is 0 Å². The molecule has 0 unspecified atom stereocenters. The molecule has 0 radical (unpaired) electrons. The molecule has 1 saturated carbocycles. The zero-order chi connectivity index (χ0) is 8.28. The van der Waals surface area contributed by atoms with Crippen LogP contribution in [0.4, 0.5) is 0 Å². The first-order valence-electron chi connectivity index (χ1n) is 5.37. The number of nitrogens with one attached hydrogen (secondary N) is 2. The van der Waals surface area contributed by atoms with E-state index in [2.05, 4.69) is 10.6 Å². The molecule has 2 rings (SSSR count). The third-order valence-electron chi connectivity index (χ3n) is 3.36. The SMILES string of the molecule is C1CCCC2(CCC1)CNCN2. The van der Waals surface area contributed by atoms with E-state index in [0.717, 1.165) is 6.67 Å². The molecule has 0 bridgehead atoms. The first-order chi connectivity index (χ1) is 5.91. The van der Waals surface area contributed by atoms with Gasteiger partial charge in [0.1, 0.15) is 0 Å². The van der Waals surface area contributed by atoms with Crippen LogP contribution in [0, 0.1) is 0 Å². The van der Waals surface area contributed by atoms with Crippen LogP contribution >= 0.6 is 0 Å². The summed E-state index contributed by atoms with van der Waals surface area (Å²) in [6.45, 7) is 2.23. The number of hydrogen-bond acceptors (Lipinski definition) is 2. The topological polar surface area (TPSA) is 24.1 Å². The molecule has 1 heterocycles. The lowest BCUT2D eigenvalue weighted by Crippen LogP contribution is -2.42. The minimum absolute atomic E-state index is 0.487. The maximum atomic E-state index is 3.63. The highest BCUT2D eigenvalue weighted by Gasteiger charge is 2.32. The maximum absolute atomic E-state index is 3.63. The van der Waals surface area contributed by atoms with Crippen molar-refractivity contribution in [1.82, 2.24) is 10.6 Å². The molecule has 1 aliphatic heterocycles. The average Bonchev–Trinajstić information content (AvgIpc) is 2.47. The first-order valence-corrected chi connectivity index (χ1v) is 5.37. The van der Waals surface area contributed by atoms with Gasteiger partial charge in [0.05, 0.1) is 0 Å². The Morgan fingerprint density at radius 3 is 2.08 bits per heavy atom. The zero-order valence-electron chi connectivity index (χ0n) is 7.86. The van der Waals surface area contributed by atoms with E-state index in [4.69, 9.17) is 0 Å². The quantitative estimate of drug-likeness (QED) is 0.574. The Bertz CT molecular complexity index is 129. The van der Waals surface area contributed by atoms with Crippen LogP contribution in [0.3, 0.4) is 0 Å². The molecule has 2 aliphatic rings. The molecule has 1 aliphatic carbocycles. The third kappa shape index (κ3) is 1.80. The molecule has 0 amide bonds. The Labute approximate surface area is 75.1 Å². The summed E-state index contributed by atoms with van der Waals surface area (Å²) in [5, 5.41) is 7.05. The van der Waals surface area contributed by atoms with Crippen LogP contribution in [0.5, 0.6) is 0 Å². The first kappa shape index (κ1) is 8.52. The van der Waals surface area contributed by atoms with Gasteiger partial charge in [-0.25, -0.2) is 0 Å². The van der Waals surface area contributed by atoms with Crippen LogP contribution in [0.15, 0.2) is 0 Å². The Kier molecular flexibility index (Phi) is 2.66. The Morgan fingerprint density at radius 1 is 0.833 bits per heavy atom. The van der Waals surface area contributed by atoms with Gasteiger partial charge in [-0.15, -0.1) is 0 Å². The Hall–Kier alpha value is -0.0800. The summed E-state index contributed by atoms with van der Waals surface area (Å²) in [5.41, 5.74) is 0.487. The van der Waals surface area contributed by atoms with Gasteiger partial charge in [0, 0.05) is 18.8 Å². The monoisotopic (exact) mass is 168 g/mol. The van der Waals surface area contributed by atoms with Gasteiger partial charge >= 0.3 is 0 Å². The van der Waals surface area contributed by atoms with Gasteiger partial charge < -0.3 is 5.32 Å². The standard InChI is InChI=1S/C10H20N2/c1-2-4-6-10(7-5-3-1)8-11-9-12-10/h11-12H,1-9H2. The second-order valence-electron chi connectivity index (χ2n) is 4.33. The second kappa shape index (κ2) is 3.75. The van der Waals surface area contributed by atoms with Crippen molar-refractivity contribution in [3.05, 3.63) is 0 Å². The van der Waals surface area contributed by atoms with Crippen LogP contribution in [-0.4, -0.2) is 18.8 Å². The highest BCUT2D eigenvalue weighted by atomic mass is 15.2. The van der Waals surface area contributed by atoms with Crippen molar-refractivity contribution in [1.29, 1.82) is 0 Å². The summed E-state index contributed by atoms with van der Waals surface area (Å²) in [5.74, 6) is 0. The maximum Gasteiger partial charge on any atom is 0.0459 e. The predicted molar refractivity (Wildman–Crippen MR) is 51.1 cm³/mol. The van der Waals surface area contributed by atoms with Crippen LogP contribution < -0.4 is 10.6 Å². The molecule has 2 fully saturated rings. The fourth-order valence-electron chi connectivity index (χ4n) is 2.55. The molecule has 0 aromatic heterocycles. The Balaban J connectivity index is 1.92. The molecule has 0 aromatic carbocycles. The molecular formula is C10H20N2. The van der Waals surface area contributed by atoms with Gasteiger partial charge in [-0.05, 0) is 12.8 Å². The van der Waals surface area contributed by atoms with Crippen molar-refractivity contribution >= 4 is 0 Å². The van der Waals surface area contributed by atoms with Crippen molar-refractivity contribution in [3.63, 3.8) is 0 Å². The van der Waals surface area contributed by atoms with E-state index in [-0.39, 0.29) is 0 Å². The summed E-state index contributed by atoms with van der Waals surface area (Å²) in [6, 6.07) is 0. The van der Waals surface area contributed by atoms with Crippen LogP contribution in [0.1, 0.15) is 44.9 Å². The van der Waals surface area contributed by atoms with Gasteiger partial charge in [0.2, 0.25) is 0 Å². The number of rotatable bonds is 0. The molecule has 1 spiro atoms. The minimum Gasteiger partial charge on any atom is -0.303 e. The minimum atomic E-state index is 0.487. The van der Waals surface area contributed by atoms with Gasteiger partial charge in [-0.1, -0.05) is 32.1 Å². The molecule has 1 saturated heterocycles. The van der Waals surface area contributed by atoms with E-state index in [1.807, 2.05) is 0 Å². The molecule has 2 N–H and O–H groups in total. The van der Waals surface area contributed by atoms with Crippen molar-refractivity contribution in [2.24, 2.45) is 0 Å². The predicted octanol–water partition coefficient (Wildman–Crippen LogP) is 1.62. The van der Waals surface area contributed by atoms with Gasteiger partial charge in [-0.3, -0.25) is 5.32 Å². The van der Waals surface area contributed by atoms with Crippen LogP contribution in [0.25, 0.3) is 0 Å². The van der Waals surface area contributed by atoms with Gasteiger partial charge in [0.25, 0.3) is 0 Å². The summed E-state index contributed by atoms with van der Waals surface area (Å²) in [4.78, 5) is 0. The van der Waals surface area contributed by atoms with E-state index < -0.39 is 0 Å². The average molecular weight is 168 g/mol. The van der Waals surface area contributed by atoms with Crippen LogP contribution in [-0.2, 0) is 0 Å². The molecule has 70 valence electrons. The summed E-state index contributed by atoms with van der Waals surface area (Å²) >= 11 is 0. The van der Waals surface area contributed by atoms with Crippen molar-refractivity contribution < 1.29 is 0 Å². The normalized spacial score (nSPS) is 30.0. The molecular weight excluding hydrogens is 148 g/mol. The van der Waals surface area contributed by atoms with Crippen molar-refractivity contribution in [2.75, 3.05) is 13.2 Å². The summed E-state index contributed by atoms with van der Waals surface area (Å²) < 4.78 is 0. The summed E-state index contributed by atoms with van der Waals surface area (Å²) in [6.07, 6.45) is 9.99. The molecule has 2 heteroatoms. The van der Waals surface area contributed by atoms with E-state index in [1.54, 1.807) is 0 Å². The largest absolute Gasteiger partial charge is 0.303 e. The third-order valence-corrected chi connectivity index (χ3v) is 3.36. The van der Waals surface area contributed by atoms with E-state index >= 15 is 0 Å². The van der Waals surface area contributed by atoms with Gasteiger partial charge in [-0.2, -0.15) is 0 Å². The van der Waals surface area contributed by atoms with E-state index in [0.29, 0.717) is 5.54 Å². The lowest BCUT2D eigenvalue weighted by molar-refractivity contribution is 0.299. The van der Waals surface area contributed by atoms with Gasteiger partial charge in [0.15, 0.2) is 0 Å². The van der Waals surface area contributed by atoms with Crippen molar-refractivity contribution in [2.45, 2.75) is 50.5 Å². The smallest absolute Gasteiger partial charge is 0.0459 e. The van der Waals surface area contributed by atoms with Crippen molar-refractivity contribution in [3.8, 4) is 0 Å². The van der Waals surface area contributed by atoms with E-state index in [9.17, 15) is 0 Å². The highest BCUT2D eigenvalue weighted by Crippen LogP contribution is 2.27.